The molecule has 1 aliphatic rings. The van der Waals surface area contributed by atoms with Crippen LogP contribution >= 0.6 is 0 Å². The van der Waals surface area contributed by atoms with Crippen LogP contribution in [0, 0.1) is 0 Å². The van der Waals surface area contributed by atoms with Gasteiger partial charge in [0.05, 0.1) is 11.2 Å². The average molecular weight is 274 g/mol. The van der Waals surface area contributed by atoms with Crippen LogP contribution in [0.2, 0.25) is 0 Å². The molecule has 106 valence electrons. The first kappa shape index (κ1) is 14.8. The molecule has 4 nitrogen and oxygen atoms in total. The van der Waals surface area contributed by atoms with E-state index in [1.54, 1.807) is 6.08 Å². The SMILES string of the molecule is CC1(C)OB(c2cccc(/C=C/C(=O)O)c2)OC1(C)C. The molecule has 0 aliphatic carbocycles. The first-order valence-electron chi connectivity index (χ1n) is 6.58. The standard InChI is InChI=1S/C15H19BO4/c1-14(2)15(3,4)20-16(19-14)12-7-5-6-11(10-12)8-9-13(17)18/h5-10H,1-4H3,(H,17,18)/b9-8+. The van der Waals surface area contributed by atoms with Crippen molar-refractivity contribution in [1.82, 2.24) is 0 Å². The summed E-state index contributed by atoms with van der Waals surface area (Å²) in [6.07, 6.45) is 2.67. The van der Waals surface area contributed by atoms with Crippen LogP contribution in [0.25, 0.3) is 6.08 Å². The Morgan fingerprint density at radius 1 is 1.20 bits per heavy atom. The van der Waals surface area contributed by atoms with Crippen molar-refractivity contribution in [3.05, 3.63) is 35.9 Å². The highest BCUT2D eigenvalue weighted by Gasteiger charge is 2.51. The van der Waals surface area contributed by atoms with Crippen LogP contribution in [0.15, 0.2) is 30.3 Å². The smallest absolute Gasteiger partial charge is 0.478 e. The van der Waals surface area contributed by atoms with Gasteiger partial charge in [-0.3, -0.25) is 0 Å². The largest absolute Gasteiger partial charge is 0.494 e. The molecular formula is C15H19BO4. The Kier molecular flexibility index (Phi) is 3.76. The maximum absolute atomic E-state index is 10.5. The zero-order chi connectivity index (χ0) is 15.0. The zero-order valence-corrected chi connectivity index (χ0v) is 12.2. The van der Waals surface area contributed by atoms with Crippen LogP contribution in [-0.2, 0) is 14.1 Å². The number of carboxylic acid groups (broad SMARTS) is 1. The summed E-state index contributed by atoms with van der Waals surface area (Å²) >= 11 is 0. The molecule has 0 bridgehead atoms. The van der Waals surface area contributed by atoms with Crippen LogP contribution in [0.5, 0.6) is 0 Å². The number of carboxylic acids is 1. The summed E-state index contributed by atoms with van der Waals surface area (Å²) < 4.78 is 11.9. The van der Waals surface area contributed by atoms with Crippen molar-refractivity contribution in [3.8, 4) is 0 Å². The molecule has 0 unspecified atom stereocenters. The van der Waals surface area contributed by atoms with E-state index in [1.807, 2.05) is 52.0 Å². The van der Waals surface area contributed by atoms with Crippen molar-refractivity contribution in [1.29, 1.82) is 0 Å². The van der Waals surface area contributed by atoms with Crippen molar-refractivity contribution in [2.45, 2.75) is 38.9 Å². The molecule has 20 heavy (non-hydrogen) atoms. The molecule has 0 aromatic heterocycles. The molecule has 0 amide bonds. The Balaban J connectivity index is 2.23. The first-order valence-corrected chi connectivity index (χ1v) is 6.58. The predicted molar refractivity (Wildman–Crippen MR) is 78.8 cm³/mol. The highest BCUT2D eigenvalue weighted by molar-refractivity contribution is 6.62. The van der Waals surface area contributed by atoms with Gasteiger partial charge in [0, 0.05) is 6.08 Å². The summed E-state index contributed by atoms with van der Waals surface area (Å²) in [7, 11) is -0.432. The summed E-state index contributed by atoms with van der Waals surface area (Å²) in [5.41, 5.74) is 0.922. The predicted octanol–water partition coefficient (Wildman–Crippen LogP) is 2.08. The highest BCUT2D eigenvalue weighted by atomic mass is 16.7. The van der Waals surface area contributed by atoms with Gasteiger partial charge in [0.2, 0.25) is 0 Å². The molecule has 1 heterocycles. The van der Waals surface area contributed by atoms with Crippen LogP contribution in [0.1, 0.15) is 33.3 Å². The van der Waals surface area contributed by atoms with E-state index in [4.69, 9.17) is 14.4 Å². The fourth-order valence-corrected chi connectivity index (χ4v) is 1.96. The lowest BCUT2D eigenvalue weighted by atomic mass is 9.78. The van der Waals surface area contributed by atoms with E-state index in [0.29, 0.717) is 0 Å². The van der Waals surface area contributed by atoms with Crippen LogP contribution in [-0.4, -0.2) is 29.4 Å². The summed E-state index contributed by atoms with van der Waals surface area (Å²) in [6.45, 7) is 8.00. The van der Waals surface area contributed by atoms with Crippen LogP contribution < -0.4 is 5.46 Å². The second-order valence-electron chi connectivity index (χ2n) is 5.93. The zero-order valence-electron chi connectivity index (χ0n) is 12.2. The number of carbonyl (C=O) groups is 1. The summed E-state index contributed by atoms with van der Waals surface area (Å²) in [4.78, 5) is 10.5. The van der Waals surface area contributed by atoms with E-state index >= 15 is 0 Å². The Hall–Kier alpha value is -1.59. The molecule has 2 rings (SSSR count). The normalized spacial score (nSPS) is 20.5. The summed E-state index contributed by atoms with van der Waals surface area (Å²) in [6, 6.07) is 7.50. The lowest BCUT2D eigenvalue weighted by molar-refractivity contribution is -0.131. The van der Waals surface area contributed by atoms with Crippen LogP contribution in [0.3, 0.4) is 0 Å². The lowest BCUT2D eigenvalue weighted by Crippen LogP contribution is -2.41. The second kappa shape index (κ2) is 5.07. The third kappa shape index (κ3) is 2.94. The van der Waals surface area contributed by atoms with Gasteiger partial charge in [-0.25, -0.2) is 4.79 Å². The monoisotopic (exact) mass is 274 g/mol. The number of rotatable bonds is 3. The minimum absolute atomic E-state index is 0.384. The number of benzene rings is 1. The van der Waals surface area contributed by atoms with Gasteiger partial charge in [-0.05, 0) is 44.8 Å². The van der Waals surface area contributed by atoms with E-state index in [-0.39, 0.29) is 11.2 Å². The molecule has 1 saturated heterocycles. The quantitative estimate of drug-likeness (QED) is 0.677. The summed E-state index contributed by atoms with van der Waals surface area (Å²) in [5.74, 6) is -0.967. The lowest BCUT2D eigenvalue weighted by Gasteiger charge is -2.32. The van der Waals surface area contributed by atoms with Crippen LogP contribution in [0.4, 0.5) is 0 Å². The molecular weight excluding hydrogens is 255 g/mol. The molecule has 5 heteroatoms. The van der Waals surface area contributed by atoms with Crippen molar-refractivity contribution in [2.24, 2.45) is 0 Å². The van der Waals surface area contributed by atoms with Crippen molar-refractivity contribution in [2.75, 3.05) is 0 Å². The van der Waals surface area contributed by atoms with Crippen molar-refractivity contribution in [3.63, 3.8) is 0 Å². The topological polar surface area (TPSA) is 55.8 Å². The van der Waals surface area contributed by atoms with Gasteiger partial charge < -0.3 is 14.4 Å². The van der Waals surface area contributed by atoms with Gasteiger partial charge in [-0.2, -0.15) is 0 Å². The van der Waals surface area contributed by atoms with Gasteiger partial charge in [-0.1, -0.05) is 24.3 Å². The fourth-order valence-electron chi connectivity index (χ4n) is 1.96. The van der Waals surface area contributed by atoms with E-state index in [1.165, 1.54) is 0 Å². The van der Waals surface area contributed by atoms with Gasteiger partial charge in [0.25, 0.3) is 0 Å². The Morgan fingerprint density at radius 2 is 1.80 bits per heavy atom. The number of aliphatic carboxylic acids is 1. The first-order chi connectivity index (χ1) is 9.21. The second-order valence-corrected chi connectivity index (χ2v) is 5.93. The Morgan fingerprint density at radius 3 is 2.35 bits per heavy atom. The van der Waals surface area contributed by atoms with E-state index in [9.17, 15) is 4.79 Å². The van der Waals surface area contributed by atoms with Gasteiger partial charge in [-0.15, -0.1) is 0 Å². The third-order valence-corrected chi connectivity index (χ3v) is 3.85. The molecule has 0 atom stereocenters. The molecule has 1 N–H and O–H groups in total. The van der Waals surface area contributed by atoms with E-state index in [0.717, 1.165) is 17.1 Å². The molecule has 1 fully saturated rings. The maximum Gasteiger partial charge on any atom is 0.494 e. The number of hydrogen-bond donors (Lipinski definition) is 1. The Labute approximate surface area is 119 Å². The minimum Gasteiger partial charge on any atom is -0.478 e. The van der Waals surface area contributed by atoms with Gasteiger partial charge in [0.15, 0.2) is 0 Å². The fraction of sp³-hybridized carbons (Fsp3) is 0.400. The molecule has 1 aliphatic heterocycles. The molecule has 1 aromatic rings. The average Bonchev–Trinajstić information content (AvgIpc) is 2.56. The van der Waals surface area contributed by atoms with E-state index in [2.05, 4.69) is 0 Å². The van der Waals surface area contributed by atoms with Gasteiger partial charge in [0.1, 0.15) is 0 Å². The van der Waals surface area contributed by atoms with Gasteiger partial charge >= 0.3 is 13.1 Å². The number of hydrogen-bond acceptors (Lipinski definition) is 3. The Bertz CT molecular complexity index is 533. The van der Waals surface area contributed by atoms with Crippen molar-refractivity contribution < 1.29 is 19.2 Å². The van der Waals surface area contributed by atoms with Crippen molar-refractivity contribution >= 4 is 24.6 Å². The van der Waals surface area contributed by atoms with E-state index < -0.39 is 13.1 Å². The molecule has 0 radical (unpaired) electrons. The third-order valence-electron chi connectivity index (χ3n) is 3.85. The molecule has 0 saturated carbocycles. The maximum atomic E-state index is 10.5. The molecule has 1 aromatic carbocycles. The minimum atomic E-state index is -0.967. The molecule has 0 spiro atoms. The highest BCUT2D eigenvalue weighted by Crippen LogP contribution is 2.36. The summed E-state index contributed by atoms with van der Waals surface area (Å²) in [5, 5.41) is 8.66.